The number of ether oxygens (including phenoxy) is 1. The van der Waals surface area contributed by atoms with E-state index in [1.54, 1.807) is 6.08 Å². The summed E-state index contributed by atoms with van der Waals surface area (Å²) < 4.78 is 5.65. The van der Waals surface area contributed by atoms with Gasteiger partial charge in [-0.3, -0.25) is 4.79 Å². The van der Waals surface area contributed by atoms with Crippen LogP contribution in [0.15, 0.2) is 36.9 Å². The minimum atomic E-state index is -0.0325. The van der Waals surface area contributed by atoms with Gasteiger partial charge in [-0.05, 0) is 12.1 Å². The maximum atomic E-state index is 11.7. The molecule has 0 aromatic heterocycles. The van der Waals surface area contributed by atoms with E-state index in [-0.39, 0.29) is 11.9 Å². The van der Waals surface area contributed by atoms with Crippen LogP contribution in [0, 0.1) is 0 Å². The highest BCUT2D eigenvalue weighted by Crippen LogP contribution is 2.28. The van der Waals surface area contributed by atoms with Gasteiger partial charge in [-0.15, -0.1) is 6.58 Å². The van der Waals surface area contributed by atoms with Crippen molar-refractivity contribution in [3.8, 4) is 5.75 Å². The fourth-order valence-corrected chi connectivity index (χ4v) is 1.66. The molecule has 0 saturated carbocycles. The highest BCUT2D eigenvalue weighted by Gasteiger charge is 2.24. The molecule has 72 valence electrons. The molecular formula is C12H12O2. The molecule has 0 fully saturated rings. The Kier molecular flexibility index (Phi) is 2.35. The number of carbonyl (C=O) groups excluding carboxylic acids is 1. The van der Waals surface area contributed by atoms with Crippen LogP contribution in [0.1, 0.15) is 23.2 Å². The summed E-state index contributed by atoms with van der Waals surface area (Å²) in [5, 5.41) is 0. The monoisotopic (exact) mass is 188 g/mol. The Hall–Kier alpha value is -1.57. The maximum absolute atomic E-state index is 11.7. The molecule has 1 aromatic carbocycles. The van der Waals surface area contributed by atoms with Crippen molar-refractivity contribution in [2.24, 2.45) is 0 Å². The lowest BCUT2D eigenvalue weighted by atomic mass is 9.99. The summed E-state index contributed by atoms with van der Waals surface area (Å²) in [6.45, 7) is 3.64. The summed E-state index contributed by atoms with van der Waals surface area (Å²) >= 11 is 0. The van der Waals surface area contributed by atoms with Crippen molar-refractivity contribution in [1.82, 2.24) is 0 Å². The molecule has 0 N–H and O–H groups in total. The molecule has 1 aromatic rings. The fourth-order valence-electron chi connectivity index (χ4n) is 1.66. The van der Waals surface area contributed by atoms with Crippen LogP contribution in [-0.2, 0) is 0 Å². The Morgan fingerprint density at radius 1 is 1.50 bits per heavy atom. The van der Waals surface area contributed by atoms with Crippen molar-refractivity contribution in [2.75, 3.05) is 0 Å². The Balaban J connectivity index is 2.28. The molecule has 2 rings (SSSR count). The van der Waals surface area contributed by atoms with Gasteiger partial charge in [0.15, 0.2) is 5.78 Å². The minimum Gasteiger partial charge on any atom is -0.489 e. The zero-order chi connectivity index (χ0) is 9.97. The molecule has 1 heterocycles. The zero-order valence-electron chi connectivity index (χ0n) is 7.90. The predicted molar refractivity (Wildman–Crippen MR) is 54.6 cm³/mol. The lowest BCUT2D eigenvalue weighted by Gasteiger charge is -2.23. The van der Waals surface area contributed by atoms with Gasteiger partial charge in [-0.25, -0.2) is 0 Å². The largest absolute Gasteiger partial charge is 0.489 e. The number of ketones is 1. The van der Waals surface area contributed by atoms with E-state index in [0.29, 0.717) is 17.7 Å². The molecule has 0 spiro atoms. The molecule has 1 aliphatic heterocycles. The Morgan fingerprint density at radius 3 is 3.07 bits per heavy atom. The number of fused-ring (bicyclic) bond motifs is 1. The molecule has 0 amide bonds. The summed E-state index contributed by atoms with van der Waals surface area (Å²) in [5.41, 5.74) is 0.702. The van der Waals surface area contributed by atoms with E-state index in [0.717, 1.165) is 6.42 Å². The number of hydrogen-bond acceptors (Lipinski definition) is 2. The van der Waals surface area contributed by atoms with Crippen LogP contribution in [0.4, 0.5) is 0 Å². The standard InChI is InChI=1S/C12H12O2/c1-2-5-9-8-11(13)10-6-3-4-7-12(10)14-9/h2-4,6-7,9H,1,5,8H2. The SMILES string of the molecule is C=CCC1CC(=O)c2ccccc2O1. The summed E-state index contributed by atoms with van der Waals surface area (Å²) in [7, 11) is 0. The van der Waals surface area contributed by atoms with Crippen molar-refractivity contribution in [2.45, 2.75) is 18.9 Å². The second-order valence-electron chi connectivity index (χ2n) is 3.39. The van der Waals surface area contributed by atoms with Crippen LogP contribution in [-0.4, -0.2) is 11.9 Å². The molecule has 2 heteroatoms. The van der Waals surface area contributed by atoms with Crippen LogP contribution in [0.25, 0.3) is 0 Å². The number of Topliss-reactive ketones (excluding diaryl/α,β-unsaturated/α-hetero) is 1. The van der Waals surface area contributed by atoms with Crippen molar-refractivity contribution >= 4 is 5.78 Å². The van der Waals surface area contributed by atoms with Crippen molar-refractivity contribution in [3.63, 3.8) is 0 Å². The summed E-state index contributed by atoms with van der Waals surface area (Å²) in [4.78, 5) is 11.7. The molecule has 2 nitrogen and oxygen atoms in total. The van der Waals surface area contributed by atoms with Gasteiger partial charge in [-0.2, -0.15) is 0 Å². The molecule has 1 atom stereocenters. The van der Waals surface area contributed by atoms with Gasteiger partial charge < -0.3 is 4.74 Å². The lowest BCUT2D eigenvalue weighted by molar-refractivity contribution is 0.0854. The van der Waals surface area contributed by atoms with Gasteiger partial charge in [0.1, 0.15) is 11.9 Å². The number of carbonyl (C=O) groups is 1. The molecule has 0 radical (unpaired) electrons. The second-order valence-corrected chi connectivity index (χ2v) is 3.39. The quantitative estimate of drug-likeness (QED) is 0.667. The zero-order valence-corrected chi connectivity index (χ0v) is 7.90. The summed E-state index contributed by atoms with van der Waals surface area (Å²) in [5.74, 6) is 0.870. The molecule has 0 aliphatic carbocycles. The third-order valence-corrected chi connectivity index (χ3v) is 2.32. The van der Waals surface area contributed by atoms with E-state index in [2.05, 4.69) is 6.58 Å². The molecule has 0 bridgehead atoms. The third kappa shape index (κ3) is 1.55. The first-order chi connectivity index (χ1) is 6.81. The molecule has 1 unspecified atom stereocenters. The Bertz CT molecular complexity index is 368. The predicted octanol–water partition coefficient (Wildman–Crippen LogP) is 2.60. The van der Waals surface area contributed by atoms with Crippen molar-refractivity contribution in [1.29, 1.82) is 0 Å². The Labute approximate surface area is 83.2 Å². The first kappa shape index (κ1) is 9.00. The van der Waals surface area contributed by atoms with Gasteiger partial charge in [0.05, 0.1) is 5.56 Å². The number of hydrogen-bond donors (Lipinski definition) is 0. The van der Waals surface area contributed by atoms with Crippen LogP contribution in [0.3, 0.4) is 0 Å². The maximum Gasteiger partial charge on any atom is 0.170 e. The molecule has 1 aliphatic rings. The van der Waals surface area contributed by atoms with E-state index in [4.69, 9.17) is 4.74 Å². The minimum absolute atomic E-state index is 0.0325. The van der Waals surface area contributed by atoms with E-state index < -0.39 is 0 Å². The molecule has 0 saturated heterocycles. The van der Waals surface area contributed by atoms with E-state index in [9.17, 15) is 4.79 Å². The highest BCUT2D eigenvalue weighted by molar-refractivity contribution is 5.99. The first-order valence-electron chi connectivity index (χ1n) is 4.71. The lowest BCUT2D eigenvalue weighted by Crippen LogP contribution is -2.26. The van der Waals surface area contributed by atoms with Gasteiger partial charge in [0.25, 0.3) is 0 Å². The van der Waals surface area contributed by atoms with Crippen LogP contribution in [0.2, 0.25) is 0 Å². The van der Waals surface area contributed by atoms with Crippen LogP contribution in [0.5, 0.6) is 5.75 Å². The molecule has 14 heavy (non-hydrogen) atoms. The fraction of sp³-hybridized carbons (Fsp3) is 0.250. The third-order valence-electron chi connectivity index (χ3n) is 2.32. The van der Waals surface area contributed by atoms with Gasteiger partial charge in [0.2, 0.25) is 0 Å². The number of rotatable bonds is 2. The van der Waals surface area contributed by atoms with Crippen molar-refractivity contribution in [3.05, 3.63) is 42.5 Å². The van der Waals surface area contributed by atoms with E-state index in [1.165, 1.54) is 0 Å². The topological polar surface area (TPSA) is 26.3 Å². The smallest absolute Gasteiger partial charge is 0.170 e. The van der Waals surface area contributed by atoms with Gasteiger partial charge in [0, 0.05) is 12.8 Å². The number of benzene rings is 1. The average molecular weight is 188 g/mol. The van der Waals surface area contributed by atoms with Crippen LogP contribution < -0.4 is 4.74 Å². The van der Waals surface area contributed by atoms with E-state index in [1.807, 2.05) is 24.3 Å². The number of para-hydroxylation sites is 1. The van der Waals surface area contributed by atoms with Crippen molar-refractivity contribution < 1.29 is 9.53 Å². The average Bonchev–Trinajstić information content (AvgIpc) is 2.18. The molecular weight excluding hydrogens is 176 g/mol. The summed E-state index contributed by atoms with van der Waals surface area (Å²) in [6, 6.07) is 7.38. The summed E-state index contributed by atoms with van der Waals surface area (Å²) in [6.07, 6.45) is 2.93. The van der Waals surface area contributed by atoms with E-state index >= 15 is 0 Å². The second kappa shape index (κ2) is 3.66. The highest BCUT2D eigenvalue weighted by atomic mass is 16.5. The van der Waals surface area contributed by atoms with Gasteiger partial charge in [-0.1, -0.05) is 18.2 Å². The Morgan fingerprint density at radius 2 is 2.29 bits per heavy atom. The van der Waals surface area contributed by atoms with Crippen LogP contribution >= 0.6 is 0 Å². The normalized spacial score (nSPS) is 19.7. The van der Waals surface area contributed by atoms with Gasteiger partial charge >= 0.3 is 0 Å². The first-order valence-corrected chi connectivity index (χ1v) is 4.71.